The van der Waals surface area contributed by atoms with E-state index < -0.39 is 0 Å². The number of aromatic nitrogens is 2. The van der Waals surface area contributed by atoms with Crippen molar-refractivity contribution >= 4 is 23.4 Å². The van der Waals surface area contributed by atoms with Crippen LogP contribution in [0.25, 0.3) is 0 Å². The molecule has 1 saturated carbocycles. The van der Waals surface area contributed by atoms with Crippen LogP contribution >= 0.6 is 0 Å². The number of carbonyl (C=O) groups is 3. The molecule has 0 unspecified atom stereocenters. The maximum absolute atomic E-state index is 12.5. The normalized spacial score (nSPS) is 22.0. The molecule has 1 aromatic heterocycles. The molecule has 7 nitrogen and oxygen atoms in total. The van der Waals surface area contributed by atoms with Crippen LogP contribution in [-0.4, -0.2) is 38.9 Å². The number of nitrogens with one attached hydrogen (secondary N) is 1. The van der Waals surface area contributed by atoms with Crippen LogP contribution in [0.5, 0.6) is 0 Å². The molecule has 1 aromatic carbocycles. The molecule has 0 spiro atoms. The molecule has 2 aliphatic rings. The molecule has 2 fully saturated rings. The maximum atomic E-state index is 12.5. The van der Waals surface area contributed by atoms with Crippen LogP contribution in [0, 0.1) is 11.8 Å². The van der Waals surface area contributed by atoms with Crippen molar-refractivity contribution in [1.29, 1.82) is 0 Å². The van der Waals surface area contributed by atoms with Gasteiger partial charge in [-0.15, -0.1) is 0 Å². The third-order valence-electron chi connectivity index (χ3n) is 5.42. The Kier molecular flexibility index (Phi) is 4.75. The number of likely N-dealkylation sites (tertiary alicyclic amines) is 1. The summed E-state index contributed by atoms with van der Waals surface area (Å²) < 4.78 is 1.77. The zero-order valence-corrected chi connectivity index (χ0v) is 15.0. The van der Waals surface area contributed by atoms with E-state index in [-0.39, 0.29) is 36.1 Å². The summed E-state index contributed by atoms with van der Waals surface area (Å²) in [4.78, 5) is 38.7. The van der Waals surface area contributed by atoms with Gasteiger partial charge in [-0.2, -0.15) is 5.10 Å². The van der Waals surface area contributed by atoms with Crippen molar-refractivity contribution in [2.45, 2.75) is 32.2 Å². The summed E-state index contributed by atoms with van der Waals surface area (Å²) in [7, 11) is 0. The summed E-state index contributed by atoms with van der Waals surface area (Å²) in [6, 6.07) is 9.29. The van der Waals surface area contributed by atoms with E-state index in [1.807, 2.05) is 36.5 Å². The number of para-hydroxylation sites is 1. The van der Waals surface area contributed by atoms with E-state index in [1.54, 1.807) is 10.9 Å². The molecule has 7 heteroatoms. The fourth-order valence-corrected chi connectivity index (χ4v) is 4.07. The number of carbonyl (C=O) groups excluding carboxylic acids is 3. The molecule has 140 valence electrons. The standard InChI is InChI=1S/C20H22N4O3/c25-18(13-24-19(26)15-7-2-3-8-16(15)20(24)27)22-17-9-4-1-6-14(17)12-23-11-5-10-21-23/h1,4-6,9-11,15-16H,2-3,7-8,12-13H2,(H,22,25)/t15-,16-/m0/s1. The number of imide groups is 1. The molecule has 3 amide bonds. The summed E-state index contributed by atoms with van der Waals surface area (Å²) in [5, 5.41) is 7.03. The fourth-order valence-electron chi connectivity index (χ4n) is 4.07. The number of fused-ring (bicyclic) bond motifs is 1. The first kappa shape index (κ1) is 17.5. The van der Waals surface area contributed by atoms with E-state index in [0.29, 0.717) is 12.2 Å². The number of hydrogen-bond acceptors (Lipinski definition) is 4. The first-order valence-corrected chi connectivity index (χ1v) is 9.34. The van der Waals surface area contributed by atoms with Gasteiger partial charge in [0.25, 0.3) is 0 Å². The van der Waals surface area contributed by atoms with Gasteiger partial charge in [0.15, 0.2) is 0 Å². The first-order valence-electron chi connectivity index (χ1n) is 9.34. The summed E-state index contributed by atoms with van der Waals surface area (Å²) in [5.74, 6) is -1.20. The molecule has 2 atom stereocenters. The summed E-state index contributed by atoms with van der Waals surface area (Å²) in [6.45, 7) is 0.302. The molecule has 2 aromatic rings. The van der Waals surface area contributed by atoms with E-state index in [0.717, 1.165) is 36.1 Å². The highest BCUT2D eigenvalue weighted by atomic mass is 16.2. The number of rotatable bonds is 5. The topological polar surface area (TPSA) is 84.3 Å². The van der Waals surface area contributed by atoms with Gasteiger partial charge in [0, 0.05) is 18.1 Å². The van der Waals surface area contributed by atoms with Crippen LogP contribution in [0.3, 0.4) is 0 Å². The SMILES string of the molecule is O=C(CN1C(=O)[C@H]2CCCC[C@@H]2C1=O)Nc1ccccc1Cn1cccn1. The second-order valence-corrected chi connectivity index (χ2v) is 7.17. The number of anilines is 1. The van der Waals surface area contributed by atoms with Crippen molar-refractivity contribution in [3.63, 3.8) is 0 Å². The van der Waals surface area contributed by atoms with E-state index in [4.69, 9.17) is 0 Å². The van der Waals surface area contributed by atoms with Gasteiger partial charge in [0.05, 0.1) is 18.4 Å². The number of nitrogens with zero attached hydrogens (tertiary/aromatic N) is 3. The Morgan fingerprint density at radius 2 is 1.78 bits per heavy atom. The quantitative estimate of drug-likeness (QED) is 0.821. The smallest absolute Gasteiger partial charge is 0.244 e. The van der Waals surface area contributed by atoms with Gasteiger partial charge in [-0.3, -0.25) is 24.0 Å². The zero-order valence-electron chi connectivity index (χ0n) is 15.0. The van der Waals surface area contributed by atoms with Crippen LogP contribution in [-0.2, 0) is 20.9 Å². The lowest BCUT2D eigenvalue weighted by molar-refractivity contribution is -0.142. The van der Waals surface area contributed by atoms with Crippen molar-refractivity contribution in [3.8, 4) is 0 Å². The van der Waals surface area contributed by atoms with E-state index in [2.05, 4.69) is 10.4 Å². The van der Waals surface area contributed by atoms with Crippen molar-refractivity contribution in [2.75, 3.05) is 11.9 Å². The van der Waals surface area contributed by atoms with E-state index >= 15 is 0 Å². The lowest BCUT2D eigenvalue weighted by Crippen LogP contribution is -2.38. The highest BCUT2D eigenvalue weighted by Gasteiger charge is 2.48. The Bertz CT molecular complexity index is 838. The summed E-state index contributed by atoms with van der Waals surface area (Å²) in [6.07, 6.45) is 7.00. The van der Waals surface area contributed by atoms with Crippen LogP contribution in [0.2, 0.25) is 0 Å². The fraction of sp³-hybridized carbons (Fsp3) is 0.400. The minimum atomic E-state index is -0.358. The molecular formula is C20H22N4O3. The molecular weight excluding hydrogens is 344 g/mol. The number of benzene rings is 1. The minimum Gasteiger partial charge on any atom is -0.324 e. The van der Waals surface area contributed by atoms with Gasteiger partial charge in [0.1, 0.15) is 6.54 Å². The Labute approximate surface area is 157 Å². The number of amides is 3. The largest absolute Gasteiger partial charge is 0.324 e. The third-order valence-corrected chi connectivity index (χ3v) is 5.42. The second kappa shape index (κ2) is 7.34. The van der Waals surface area contributed by atoms with E-state index in [1.165, 1.54) is 0 Å². The Balaban J connectivity index is 1.44. The third kappa shape index (κ3) is 3.49. The van der Waals surface area contributed by atoms with Crippen molar-refractivity contribution in [2.24, 2.45) is 11.8 Å². The molecule has 27 heavy (non-hydrogen) atoms. The molecule has 0 bridgehead atoms. The molecule has 1 aliphatic carbocycles. The summed E-state index contributed by atoms with van der Waals surface area (Å²) >= 11 is 0. The van der Waals surface area contributed by atoms with E-state index in [9.17, 15) is 14.4 Å². The maximum Gasteiger partial charge on any atom is 0.244 e. The number of hydrogen-bond donors (Lipinski definition) is 1. The highest BCUT2D eigenvalue weighted by molar-refractivity contribution is 6.08. The van der Waals surface area contributed by atoms with Gasteiger partial charge < -0.3 is 5.32 Å². The Morgan fingerprint density at radius 3 is 2.44 bits per heavy atom. The average Bonchev–Trinajstić information content (AvgIpc) is 3.27. The predicted molar refractivity (Wildman–Crippen MR) is 98.6 cm³/mol. The predicted octanol–water partition coefficient (Wildman–Crippen LogP) is 2.05. The first-order chi connectivity index (χ1) is 13.1. The molecule has 0 radical (unpaired) electrons. The highest BCUT2D eigenvalue weighted by Crippen LogP contribution is 2.37. The molecule has 2 heterocycles. The second-order valence-electron chi connectivity index (χ2n) is 7.17. The van der Waals surface area contributed by atoms with Crippen molar-refractivity contribution in [1.82, 2.24) is 14.7 Å². The Hall–Kier alpha value is -2.96. The van der Waals surface area contributed by atoms with Gasteiger partial charge in [-0.25, -0.2) is 0 Å². The molecule has 1 saturated heterocycles. The Morgan fingerprint density at radius 1 is 1.07 bits per heavy atom. The lowest BCUT2D eigenvalue weighted by Gasteiger charge is -2.19. The van der Waals surface area contributed by atoms with Crippen LogP contribution in [0.4, 0.5) is 5.69 Å². The van der Waals surface area contributed by atoms with Crippen molar-refractivity contribution < 1.29 is 14.4 Å². The van der Waals surface area contributed by atoms with Gasteiger partial charge in [-0.1, -0.05) is 31.0 Å². The molecule has 1 N–H and O–H groups in total. The van der Waals surface area contributed by atoms with Gasteiger partial charge in [-0.05, 0) is 30.5 Å². The monoisotopic (exact) mass is 366 g/mol. The molecule has 4 rings (SSSR count). The average molecular weight is 366 g/mol. The minimum absolute atomic E-state index is 0.190. The van der Waals surface area contributed by atoms with Crippen LogP contribution in [0.1, 0.15) is 31.2 Å². The lowest BCUT2D eigenvalue weighted by atomic mass is 9.81. The van der Waals surface area contributed by atoms with Crippen LogP contribution in [0.15, 0.2) is 42.7 Å². The summed E-state index contributed by atoms with van der Waals surface area (Å²) in [5.41, 5.74) is 1.57. The van der Waals surface area contributed by atoms with Gasteiger partial charge in [0.2, 0.25) is 17.7 Å². The van der Waals surface area contributed by atoms with Crippen molar-refractivity contribution in [3.05, 3.63) is 48.3 Å². The zero-order chi connectivity index (χ0) is 18.8. The van der Waals surface area contributed by atoms with Gasteiger partial charge >= 0.3 is 0 Å². The molecule has 1 aliphatic heterocycles. The van der Waals surface area contributed by atoms with Crippen LogP contribution < -0.4 is 5.32 Å².